The first-order valence-electron chi connectivity index (χ1n) is 6.85. The van der Waals surface area contributed by atoms with E-state index in [1.807, 2.05) is 18.2 Å². The van der Waals surface area contributed by atoms with Crippen LogP contribution in [-0.2, 0) is 9.84 Å². The smallest absolute Gasteiger partial charge is 0.266 e. The molecule has 3 N–H and O–H groups in total. The van der Waals surface area contributed by atoms with Gasteiger partial charge in [-0.2, -0.15) is 0 Å². The number of fused-ring (bicyclic) bond motifs is 1. The molecule has 0 atom stereocenters. The largest absolute Gasteiger partial charge is 0.364 e. The molecule has 0 aliphatic rings. The lowest BCUT2D eigenvalue weighted by molar-refractivity contribution is 0.0993. The zero-order valence-corrected chi connectivity index (χ0v) is 14.9. The number of H-pyrrole nitrogens is 1. The van der Waals surface area contributed by atoms with Crippen LogP contribution >= 0.6 is 23.4 Å². The first-order chi connectivity index (χ1) is 11.3. The van der Waals surface area contributed by atoms with Crippen LogP contribution in [0.5, 0.6) is 0 Å². The Bertz CT molecular complexity index is 1060. The molecule has 24 heavy (non-hydrogen) atoms. The van der Waals surface area contributed by atoms with Gasteiger partial charge in [0.15, 0.2) is 9.84 Å². The van der Waals surface area contributed by atoms with E-state index in [0.717, 1.165) is 11.2 Å². The number of hydrogen-bond donors (Lipinski definition) is 2. The molecule has 0 fully saturated rings. The Morgan fingerprint density at radius 3 is 2.54 bits per heavy atom. The molecule has 1 heterocycles. The van der Waals surface area contributed by atoms with E-state index in [0.29, 0.717) is 20.8 Å². The Balaban J connectivity index is 2.20. The number of nitrogens with one attached hydrogen (secondary N) is 1. The van der Waals surface area contributed by atoms with E-state index in [2.05, 4.69) is 4.98 Å². The predicted octanol–water partition coefficient (Wildman–Crippen LogP) is 3.47. The van der Waals surface area contributed by atoms with Crippen molar-refractivity contribution in [2.75, 3.05) is 6.26 Å². The highest BCUT2D eigenvalue weighted by Crippen LogP contribution is 2.39. The van der Waals surface area contributed by atoms with Gasteiger partial charge in [0, 0.05) is 22.1 Å². The average Bonchev–Trinajstić information content (AvgIpc) is 2.87. The van der Waals surface area contributed by atoms with Gasteiger partial charge in [-0.15, -0.1) is 0 Å². The summed E-state index contributed by atoms with van der Waals surface area (Å²) in [6.45, 7) is 0. The number of aromatic nitrogens is 1. The molecule has 0 saturated carbocycles. The van der Waals surface area contributed by atoms with Gasteiger partial charge in [-0.25, -0.2) is 8.42 Å². The Hall–Kier alpha value is -1.96. The molecule has 124 valence electrons. The molecule has 8 heteroatoms. The number of nitrogens with two attached hydrogens (primary N) is 1. The standard InChI is InChI=1S/C16H13ClN2O3S2/c1-24(21,22)9-6-7-10-12(8-9)19-14(16(18)20)15(10)23-13-5-3-2-4-11(13)17/h2-8,19H,1H3,(H2,18,20). The van der Waals surface area contributed by atoms with Crippen LogP contribution < -0.4 is 5.73 Å². The third kappa shape index (κ3) is 3.15. The SMILES string of the molecule is CS(=O)(=O)c1ccc2c(Sc3ccccc3Cl)c(C(N)=O)[nH]c2c1. The van der Waals surface area contributed by atoms with Crippen molar-refractivity contribution in [1.29, 1.82) is 0 Å². The Labute approximate surface area is 148 Å². The molecular formula is C16H13ClN2O3S2. The van der Waals surface area contributed by atoms with Crippen molar-refractivity contribution < 1.29 is 13.2 Å². The minimum absolute atomic E-state index is 0.168. The zero-order valence-electron chi connectivity index (χ0n) is 12.5. The fourth-order valence-corrected chi connectivity index (χ4v) is 4.27. The lowest BCUT2D eigenvalue weighted by Gasteiger charge is -2.05. The van der Waals surface area contributed by atoms with E-state index < -0.39 is 15.7 Å². The summed E-state index contributed by atoms with van der Waals surface area (Å²) in [5, 5.41) is 1.26. The predicted molar refractivity (Wildman–Crippen MR) is 95.5 cm³/mol. The van der Waals surface area contributed by atoms with Gasteiger partial charge < -0.3 is 10.7 Å². The summed E-state index contributed by atoms with van der Waals surface area (Å²) in [5.41, 5.74) is 6.21. The van der Waals surface area contributed by atoms with Gasteiger partial charge in [0.1, 0.15) is 5.69 Å². The second kappa shape index (κ2) is 6.16. The molecule has 0 spiro atoms. The number of primary amides is 1. The highest BCUT2D eigenvalue weighted by Gasteiger charge is 2.19. The van der Waals surface area contributed by atoms with E-state index in [1.165, 1.54) is 23.9 Å². The monoisotopic (exact) mass is 380 g/mol. The van der Waals surface area contributed by atoms with Crippen molar-refractivity contribution in [2.45, 2.75) is 14.7 Å². The average molecular weight is 381 g/mol. The molecule has 0 bridgehead atoms. The van der Waals surface area contributed by atoms with Crippen molar-refractivity contribution in [2.24, 2.45) is 5.73 Å². The molecule has 3 aromatic rings. The van der Waals surface area contributed by atoms with Crippen molar-refractivity contribution in [3.63, 3.8) is 0 Å². The van der Waals surface area contributed by atoms with Crippen LogP contribution in [0.4, 0.5) is 0 Å². The van der Waals surface area contributed by atoms with Crippen LogP contribution in [0.25, 0.3) is 10.9 Å². The van der Waals surface area contributed by atoms with Crippen molar-refractivity contribution in [1.82, 2.24) is 4.98 Å². The second-order valence-corrected chi connectivity index (χ2v) is 8.68. The maximum Gasteiger partial charge on any atom is 0.266 e. The number of carbonyl (C=O) groups is 1. The summed E-state index contributed by atoms with van der Waals surface area (Å²) in [4.78, 5) is 16.2. The quantitative estimate of drug-likeness (QED) is 0.724. The van der Waals surface area contributed by atoms with Gasteiger partial charge in [0.25, 0.3) is 5.91 Å². The van der Waals surface area contributed by atoms with Gasteiger partial charge >= 0.3 is 0 Å². The second-order valence-electron chi connectivity index (χ2n) is 5.21. The highest BCUT2D eigenvalue weighted by atomic mass is 35.5. The van der Waals surface area contributed by atoms with Crippen LogP contribution in [0.2, 0.25) is 5.02 Å². The van der Waals surface area contributed by atoms with E-state index in [9.17, 15) is 13.2 Å². The van der Waals surface area contributed by atoms with Gasteiger partial charge in [0.2, 0.25) is 0 Å². The Kier molecular flexibility index (Phi) is 4.33. The number of rotatable bonds is 4. The first-order valence-corrected chi connectivity index (χ1v) is 9.94. The molecule has 0 saturated heterocycles. The van der Waals surface area contributed by atoms with Gasteiger partial charge in [0.05, 0.1) is 14.8 Å². The topological polar surface area (TPSA) is 93.0 Å². The number of carbonyl (C=O) groups excluding carboxylic acids is 1. The van der Waals surface area contributed by atoms with Gasteiger partial charge in [-0.05, 0) is 24.3 Å². The van der Waals surface area contributed by atoms with E-state index in [4.69, 9.17) is 17.3 Å². The zero-order chi connectivity index (χ0) is 17.5. The lowest BCUT2D eigenvalue weighted by Crippen LogP contribution is -2.12. The van der Waals surface area contributed by atoms with E-state index in [-0.39, 0.29) is 10.6 Å². The fourth-order valence-electron chi connectivity index (χ4n) is 2.30. The minimum Gasteiger partial charge on any atom is -0.364 e. The molecular weight excluding hydrogens is 368 g/mol. The summed E-state index contributed by atoms with van der Waals surface area (Å²) in [6, 6.07) is 11.9. The molecule has 1 aromatic heterocycles. The summed E-state index contributed by atoms with van der Waals surface area (Å²) < 4.78 is 23.4. The number of hydrogen-bond acceptors (Lipinski definition) is 4. The summed E-state index contributed by atoms with van der Waals surface area (Å²) in [7, 11) is -3.35. The molecule has 2 aromatic carbocycles. The minimum atomic E-state index is -3.35. The number of halogens is 1. The number of aromatic amines is 1. The van der Waals surface area contributed by atoms with E-state index in [1.54, 1.807) is 12.1 Å². The number of benzene rings is 2. The Morgan fingerprint density at radius 2 is 1.92 bits per heavy atom. The molecule has 0 aliphatic heterocycles. The van der Waals surface area contributed by atoms with Crippen LogP contribution in [0.15, 0.2) is 57.2 Å². The van der Waals surface area contributed by atoms with Crippen molar-refractivity contribution in [3.05, 3.63) is 53.2 Å². The lowest BCUT2D eigenvalue weighted by atomic mass is 10.2. The van der Waals surface area contributed by atoms with Crippen LogP contribution in [0.3, 0.4) is 0 Å². The summed E-state index contributed by atoms with van der Waals surface area (Å²) >= 11 is 7.49. The molecule has 0 aliphatic carbocycles. The molecule has 0 unspecified atom stereocenters. The molecule has 1 amide bonds. The third-order valence-electron chi connectivity index (χ3n) is 3.45. The van der Waals surface area contributed by atoms with Gasteiger partial charge in [-0.1, -0.05) is 41.6 Å². The van der Waals surface area contributed by atoms with E-state index >= 15 is 0 Å². The number of amides is 1. The van der Waals surface area contributed by atoms with Crippen molar-refractivity contribution in [3.8, 4) is 0 Å². The normalized spacial score (nSPS) is 11.8. The maximum atomic E-state index is 11.8. The molecule has 3 rings (SSSR count). The van der Waals surface area contributed by atoms with Crippen molar-refractivity contribution >= 4 is 50.0 Å². The molecule has 5 nitrogen and oxygen atoms in total. The van der Waals surface area contributed by atoms with Crippen LogP contribution in [0, 0.1) is 0 Å². The fraction of sp³-hybridized carbons (Fsp3) is 0.0625. The third-order valence-corrected chi connectivity index (χ3v) is 6.20. The van der Waals surface area contributed by atoms with Crippen LogP contribution in [0.1, 0.15) is 10.5 Å². The first kappa shape index (κ1) is 16.9. The Morgan fingerprint density at radius 1 is 1.21 bits per heavy atom. The van der Waals surface area contributed by atoms with Crippen LogP contribution in [-0.4, -0.2) is 25.6 Å². The summed E-state index contributed by atoms with van der Waals surface area (Å²) in [5.74, 6) is -0.623. The number of sulfone groups is 1. The molecule has 0 radical (unpaired) electrons. The maximum absolute atomic E-state index is 11.8. The highest BCUT2D eigenvalue weighted by molar-refractivity contribution is 7.99. The van der Waals surface area contributed by atoms with Gasteiger partial charge in [-0.3, -0.25) is 4.79 Å². The summed E-state index contributed by atoms with van der Waals surface area (Å²) in [6.07, 6.45) is 1.13.